The van der Waals surface area contributed by atoms with Crippen LogP contribution in [0.3, 0.4) is 0 Å². The van der Waals surface area contributed by atoms with Gasteiger partial charge < -0.3 is 14.5 Å². The van der Waals surface area contributed by atoms with Crippen molar-refractivity contribution in [1.29, 1.82) is 5.26 Å². The van der Waals surface area contributed by atoms with Crippen LogP contribution in [0.15, 0.2) is 24.3 Å². The first-order valence-electron chi connectivity index (χ1n) is 12.0. The zero-order chi connectivity index (χ0) is 25.3. The Hall–Kier alpha value is -3.51. The number of non-ortho nitro benzene ring substituents is 1. The molecule has 0 unspecified atom stereocenters. The van der Waals surface area contributed by atoms with E-state index in [2.05, 4.69) is 24.8 Å². The lowest BCUT2D eigenvalue weighted by atomic mass is 9.86. The Kier molecular flexibility index (Phi) is 6.77. The molecule has 2 aliphatic heterocycles. The number of pyridine rings is 1. The second kappa shape index (κ2) is 9.62. The van der Waals surface area contributed by atoms with E-state index in [1.54, 1.807) is 4.90 Å². The van der Waals surface area contributed by atoms with E-state index in [-0.39, 0.29) is 17.2 Å². The number of amides is 1. The van der Waals surface area contributed by atoms with Crippen LogP contribution >= 0.6 is 0 Å². The maximum atomic E-state index is 12.9. The molecule has 9 nitrogen and oxygen atoms in total. The second-order valence-corrected chi connectivity index (χ2v) is 10.2. The van der Waals surface area contributed by atoms with Crippen molar-refractivity contribution < 1.29 is 14.5 Å². The molecule has 4 rings (SSSR count). The lowest BCUT2D eigenvalue weighted by Crippen LogP contribution is -2.49. The number of nitrogens with zero attached hydrogens (tertiary/aromatic N) is 5. The molecule has 0 N–H and O–H groups in total. The van der Waals surface area contributed by atoms with Gasteiger partial charge >= 0.3 is 0 Å². The first-order chi connectivity index (χ1) is 16.6. The molecule has 0 spiro atoms. The highest BCUT2D eigenvalue weighted by molar-refractivity contribution is 5.94. The highest BCUT2D eigenvalue weighted by Crippen LogP contribution is 2.36. The van der Waals surface area contributed by atoms with E-state index in [1.807, 2.05) is 13.8 Å². The molecular formula is C26H31N5O4. The van der Waals surface area contributed by atoms with Gasteiger partial charge in [-0.3, -0.25) is 14.9 Å². The Morgan fingerprint density at radius 3 is 2.43 bits per heavy atom. The average molecular weight is 478 g/mol. The van der Waals surface area contributed by atoms with E-state index in [4.69, 9.17) is 9.72 Å². The summed E-state index contributed by atoms with van der Waals surface area (Å²) < 4.78 is 6.06. The summed E-state index contributed by atoms with van der Waals surface area (Å²) in [7, 11) is 0. The van der Waals surface area contributed by atoms with Crippen LogP contribution in [0, 0.1) is 27.4 Å². The van der Waals surface area contributed by atoms with E-state index in [0.717, 1.165) is 23.2 Å². The van der Waals surface area contributed by atoms with Crippen molar-refractivity contribution in [3.05, 3.63) is 62.3 Å². The molecule has 35 heavy (non-hydrogen) atoms. The van der Waals surface area contributed by atoms with Gasteiger partial charge in [-0.25, -0.2) is 4.98 Å². The molecule has 1 aromatic carbocycles. The topological polar surface area (TPSA) is 113 Å². The summed E-state index contributed by atoms with van der Waals surface area (Å²) in [5.74, 6) is 0.957. The molecule has 3 heterocycles. The standard InChI is InChI=1S/C26H31N5O4/c1-17(2)13-23-22-16-35-26(3,4)14-20(22)21(15-27)24(28-23)29-9-11-30(12-10-29)25(32)18-5-7-19(8-6-18)31(33)34/h5-8,17H,9-14,16H2,1-4H3. The average Bonchev–Trinajstić information content (AvgIpc) is 2.82. The minimum absolute atomic E-state index is 0.0420. The minimum atomic E-state index is -0.480. The van der Waals surface area contributed by atoms with Gasteiger partial charge in [-0.15, -0.1) is 0 Å². The van der Waals surface area contributed by atoms with Gasteiger partial charge in [-0.1, -0.05) is 13.8 Å². The molecule has 0 aliphatic carbocycles. The Balaban J connectivity index is 1.57. The third-order valence-corrected chi connectivity index (χ3v) is 6.59. The van der Waals surface area contributed by atoms with Gasteiger partial charge in [0.2, 0.25) is 0 Å². The van der Waals surface area contributed by atoms with E-state index < -0.39 is 4.92 Å². The van der Waals surface area contributed by atoms with Gasteiger partial charge in [0, 0.05) is 61.6 Å². The number of anilines is 1. The van der Waals surface area contributed by atoms with Crippen LogP contribution in [0.5, 0.6) is 0 Å². The third-order valence-electron chi connectivity index (χ3n) is 6.59. The SMILES string of the molecule is CC(C)Cc1nc(N2CCN(C(=O)c3ccc([N+](=O)[O-])cc3)CC2)c(C#N)c2c1COC(C)(C)C2. The molecule has 2 aromatic rings. The van der Waals surface area contributed by atoms with E-state index in [9.17, 15) is 20.2 Å². The molecule has 0 atom stereocenters. The van der Waals surface area contributed by atoms with Gasteiger partial charge in [0.15, 0.2) is 0 Å². The molecule has 9 heteroatoms. The highest BCUT2D eigenvalue weighted by Gasteiger charge is 2.34. The number of hydrogen-bond acceptors (Lipinski definition) is 7. The molecule has 1 aromatic heterocycles. The molecule has 2 aliphatic rings. The van der Waals surface area contributed by atoms with Crippen LogP contribution in [-0.2, 0) is 24.2 Å². The number of nitro groups is 1. The lowest BCUT2D eigenvalue weighted by Gasteiger charge is -2.38. The van der Waals surface area contributed by atoms with Crippen LogP contribution in [0.1, 0.15) is 60.4 Å². The van der Waals surface area contributed by atoms with Crippen LogP contribution in [-0.4, -0.2) is 52.5 Å². The molecular weight excluding hydrogens is 446 g/mol. The molecule has 0 saturated carbocycles. The zero-order valence-corrected chi connectivity index (χ0v) is 20.7. The van der Waals surface area contributed by atoms with Crippen LogP contribution in [0.4, 0.5) is 11.5 Å². The predicted molar refractivity (Wildman–Crippen MR) is 131 cm³/mol. The molecule has 184 valence electrons. The maximum Gasteiger partial charge on any atom is 0.269 e. The molecule has 1 fully saturated rings. The van der Waals surface area contributed by atoms with Crippen molar-refractivity contribution in [2.45, 2.75) is 52.7 Å². The first kappa shape index (κ1) is 24.6. The van der Waals surface area contributed by atoms with Crippen molar-refractivity contribution in [1.82, 2.24) is 9.88 Å². The quantitative estimate of drug-likeness (QED) is 0.474. The number of carbonyl (C=O) groups is 1. The number of rotatable bonds is 5. The number of nitro benzene ring substituents is 1. The molecule has 0 bridgehead atoms. The number of fused-ring (bicyclic) bond motifs is 1. The Labute approximate surface area is 205 Å². The predicted octanol–water partition coefficient (Wildman–Crippen LogP) is 3.87. The van der Waals surface area contributed by atoms with Gasteiger partial charge in [-0.05, 0) is 43.9 Å². The van der Waals surface area contributed by atoms with Crippen molar-refractivity contribution in [3.63, 3.8) is 0 Å². The Bertz CT molecular complexity index is 1180. The van der Waals surface area contributed by atoms with Crippen molar-refractivity contribution in [3.8, 4) is 6.07 Å². The number of aromatic nitrogens is 1. The monoisotopic (exact) mass is 477 g/mol. The van der Waals surface area contributed by atoms with E-state index in [0.29, 0.717) is 62.1 Å². The summed E-state index contributed by atoms with van der Waals surface area (Å²) in [5, 5.41) is 21.0. The summed E-state index contributed by atoms with van der Waals surface area (Å²) in [6.07, 6.45) is 1.47. The first-order valence-corrected chi connectivity index (χ1v) is 12.0. The minimum Gasteiger partial charge on any atom is -0.370 e. The summed E-state index contributed by atoms with van der Waals surface area (Å²) in [6.45, 7) is 10.9. The van der Waals surface area contributed by atoms with E-state index in [1.165, 1.54) is 24.3 Å². The number of ether oxygens (including phenoxy) is 1. The summed E-state index contributed by atoms with van der Waals surface area (Å²) in [5.41, 5.74) is 3.72. The number of piperazine rings is 1. The zero-order valence-electron chi connectivity index (χ0n) is 20.7. The van der Waals surface area contributed by atoms with E-state index >= 15 is 0 Å². The fourth-order valence-electron chi connectivity index (χ4n) is 4.75. The summed E-state index contributed by atoms with van der Waals surface area (Å²) >= 11 is 0. The fourth-order valence-corrected chi connectivity index (χ4v) is 4.75. The van der Waals surface area contributed by atoms with Gasteiger partial charge in [0.1, 0.15) is 11.9 Å². The molecule has 1 amide bonds. The van der Waals surface area contributed by atoms with Gasteiger partial charge in [0.05, 0.1) is 22.7 Å². The molecule has 0 radical (unpaired) electrons. The van der Waals surface area contributed by atoms with Crippen molar-refractivity contribution in [2.75, 3.05) is 31.1 Å². The van der Waals surface area contributed by atoms with Gasteiger partial charge in [0.25, 0.3) is 11.6 Å². The Morgan fingerprint density at radius 2 is 1.86 bits per heavy atom. The van der Waals surface area contributed by atoms with Crippen molar-refractivity contribution >= 4 is 17.4 Å². The number of benzene rings is 1. The highest BCUT2D eigenvalue weighted by atomic mass is 16.6. The normalized spacial score (nSPS) is 17.1. The number of hydrogen-bond donors (Lipinski definition) is 0. The van der Waals surface area contributed by atoms with Crippen LogP contribution in [0.25, 0.3) is 0 Å². The maximum absolute atomic E-state index is 12.9. The summed E-state index contributed by atoms with van der Waals surface area (Å²) in [4.78, 5) is 32.2. The molecule has 1 saturated heterocycles. The van der Waals surface area contributed by atoms with Crippen molar-refractivity contribution in [2.24, 2.45) is 5.92 Å². The number of nitriles is 1. The number of carbonyl (C=O) groups excluding carboxylic acids is 1. The van der Waals surface area contributed by atoms with Crippen LogP contribution < -0.4 is 4.90 Å². The summed E-state index contributed by atoms with van der Waals surface area (Å²) in [6, 6.07) is 8.10. The largest absolute Gasteiger partial charge is 0.370 e. The fraction of sp³-hybridized carbons (Fsp3) is 0.500. The third kappa shape index (κ3) is 5.13. The Morgan fingerprint density at radius 1 is 1.20 bits per heavy atom. The van der Waals surface area contributed by atoms with Crippen LogP contribution in [0.2, 0.25) is 0 Å². The lowest BCUT2D eigenvalue weighted by molar-refractivity contribution is -0.384. The smallest absolute Gasteiger partial charge is 0.269 e. The van der Waals surface area contributed by atoms with Gasteiger partial charge in [-0.2, -0.15) is 5.26 Å². The second-order valence-electron chi connectivity index (χ2n) is 10.2.